The number of ether oxygens (including phenoxy) is 2. The van der Waals surface area contributed by atoms with E-state index >= 15 is 0 Å². The van der Waals surface area contributed by atoms with Crippen LogP contribution in [0.2, 0.25) is 0 Å². The van der Waals surface area contributed by atoms with Crippen molar-refractivity contribution in [2.75, 3.05) is 7.11 Å². The third-order valence-electron chi connectivity index (χ3n) is 1.49. The fourth-order valence-corrected chi connectivity index (χ4v) is 1.30. The van der Waals surface area contributed by atoms with E-state index in [9.17, 15) is 13.2 Å². The van der Waals surface area contributed by atoms with Gasteiger partial charge in [0.1, 0.15) is 5.75 Å². The quantitative estimate of drug-likeness (QED) is 0.362. The molecule has 0 aromatic heterocycles. The van der Waals surface area contributed by atoms with Gasteiger partial charge >= 0.3 is 6.16 Å². The number of carbonyl (C=O) groups is 1. The first kappa shape index (κ1) is 15.4. The van der Waals surface area contributed by atoms with Gasteiger partial charge in [-0.15, -0.1) is 0 Å². The number of carbonyl (C=O) groups excluding carboxylic acids is 1. The molecule has 0 saturated heterocycles. The molecule has 0 saturated carbocycles. The van der Waals surface area contributed by atoms with Gasteiger partial charge in [-0.3, -0.25) is 4.55 Å². The van der Waals surface area contributed by atoms with E-state index in [4.69, 9.17) is 4.55 Å². The summed E-state index contributed by atoms with van der Waals surface area (Å²) in [6, 6.07) is 4.65. The van der Waals surface area contributed by atoms with E-state index in [1.54, 1.807) is 0 Å². The Morgan fingerprint density at radius 3 is 2.12 bits per heavy atom. The fourth-order valence-electron chi connectivity index (χ4n) is 0.818. The van der Waals surface area contributed by atoms with Crippen LogP contribution in [0.1, 0.15) is 0 Å². The van der Waals surface area contributed by atoms with Crippen LogP contribution in [-0.2, 0) is 14.9 Å². The van der Waals surface area contributed by atoms with Crippen molar-refractivity contribution in [1.82, 2.24) is 0 Å². The zero-order valence-corrected chi connectivity index (χ0v) is 11.5. The summed E-state index contributed by atoms with van der Waals surface area (Å²) in [5.74, 6) is 0.120. The molecule has 0 aliphatic rings. The van der Waals surface area contributed by atoms with Crippen LogP contribution in [0.15, 0.2) is 29.2 Å². The van der Waals surface area contributed by atoms with E-state index in [2.05, 4.69) is 9.47 Å². The molecule has 0 amide bonds. The van der Waals surface area contributed by atoms with E-state index < -0.39 is 16.3 Å². The predicted octanol–water partition coefficient (Wildman–Crippen LogP) is 0.698. The van der Waals surface area contributed by atoms with Crippen molar-refractivity contribution < 1.29 is 27.2 Å². The SMILES string of the molecule is COC(=O)Oc1ccc(S(=O)(=O)O)cc1.[Na]. The minimum absolute atomic E-state index is 0. The fraction of sp³-hybridized carbons (Fsp3) is 0.125. The summed E-state index contributed by atoms with van der Waals surface area (Å²) in [5, 5.41) is 0. The Bertz CT molecular complexity index is 452. The molecule has 16 heavy (non-hydrogen) atoms. The Morgan fingerprint density at radius 1 is 1.25 bits per heavy atom. The van der Waals surface area contributed by atoms with Gasteiger partial charge in [0.2, 0.25) is 0 Å². The van der Waals surface area contributed by atoms with Gasteiger partial charge in [-0.25, -0.2) is 4.79 Å². The molecule has 1 aromatic rings. The Hall–Kier alpha value is -0.600. The molecule has 1 N–H and O–H groups in total. The van der Waals surface area contributed by atoms with Crippen LogP contribution in [0.25, 0.3) is 0 Å². The van der Waals surface area contributed by atoms with Gasteiger partial charge in [0.15, 0.2) is 0 Å². The summed E-state index contributed by atoms with van der Waals surface area (Å²) in [6.07, 6.45) is -0.908. The molecule has 0 atom stereocenters. The smallest absolute Gasteiger partial charge is 0.437 e. The average molecular weight is 255 g/mol. The van der Waals surface area contributed by atoms with Gasteiger partial charge in [0.05, 0.1) is 12.0 Å². The standard InChI is InChI=1S/C8H8O6S.Na/c1-13-8(9)14-6-2-4-7(5-3-6)15(10,11)12;/h2-5H,1H3,(H,10,11,12);. The molecule has 0 unspecified atom stereocenters. The molecule has 1 aromatic carbocycles. The van der Waals surface area contributed by atoms with E-state index in [0.717, 1.165) is 19.2 Å². The molecule has 8 heteroatoms. The second-order valence-corrected chi connectivity index (χ2v) is 3.92. The average Bonchev–Trinajstić information content (AvgIpc) is 2.17. The predicted molar refractivity (Wildman–Crippen MR) is 55.0 cm³/mol. The third kappa shape index (κ3) is 4.50. The Labute approximate surface area is 115 Å². The number of hydrogen-bond donors (Lipinski definition) is 1. The molecule has 6 nitrogen and oxygen atoms in total. The van der Waals surface area contributed by atoms with E-state index in [0.29, 0.717) is 0 Å². The maximum Gasteiger partial charge on any atom is 0.513 e. The summed E-state index contributed by atoms with van der Waals surface area (Å²) in [6.45, 7) is 0. The molecule has 0 aliphatic heterocycles. The Morgan fingerprint density at radius 2 is 1.75 bits per heavy atom. The molecule has 0 heterocycles. The molecule has 0 fully saturated rings. The Balaban J connectivity index is 0.00000225. The van der Waals surface area contributed by atoms with Crippen molar-refractivity contribution in [3.63, 3.8) is 0 Å². The summed E-state index contributed by atoms with van der Waals surface area (Å²) < 4.78 is 38.8. The first-order chi connectivity index (χ1) is 6.93. The number of hydrogen-bond acceptors (Lipinski definition) is 5. The second kappa shape index (κ2) is 6.21. The topological polar surface area (TPSA) is 89.9 Å². The van der Waals surface area contributed by atoms with E-state index in [-0.39, 0.29) is 40.2 Å². The summed E-state index contributed by atoms with van der Waals surface area (Å²) in [5.41, 5.74) is 0. The second-order valence-electron chi connectivity index (χ2n) is 2.50. The van der Waals surface area contributed by atoms with Crippen molar-refractivity contribution in [1.29, 1.82) is 0 Å². The van der Waals surface area contributed by atoms with Crippen LogP contribution < -0.4 is 4.74 Å². The van der Waals surface area contributed by atoms with Crippen molar-refractivity contribution in [3.05, 3.63) is 24.3 Å². The summed E-state index contributed by atoms with van der Waals surface area (Å²) in [7, 11) is -3.08. The third-order valence-corrected chi connectivity index (χ3v) is 2.36. The molecule has 1 rings (SSSR count). The maximum absolute atomic E-state index is 10.7. The first-order valence-electron chi connectivity index (χ1n) is 3.77. The molecular weight excluding hydrogens is 247 g/mol. The van der Waals surface area contributed by atoms with Crippen LogP contribution in [0, 0.1) is 0 Å². The van der Waals surface area contributed by atoms with Crippen molar-refractivity contribution in [2.24, 2.45) is 0 Å². The molecule has 0 spiro atoms. The molecular formula is C8H8NaO6S. The number of rotatable bonds is 2. The monoisotopic (exact) mass is 255 g/mol. The van der Waals surface area contributed by atoms with Gasteiger partial charge in [0, 0.05) is 29.6 Å². The maximum atomic E-state index is 10.7. The largest absolute Gasteiger partial charge is 0.513 e. The van der Waals surface area contributed by atoms with Crippen LogP contribution in [0.5, 0.6) is 5.75 Å². The van der Waals surface area contributed by atoms with Crippen molar-refractivity contribution in [3.8, 4) is 5.75 Å². The van der Waals surface area contributed by atoms with Gasteiger partial charge in [0.25, 0.3) is 10.1 Å². The van der Waals surface area contributed by atoms with E-state index in [1.165, 1.54) is 12.1 Å². The minimum atomic E-state index is -4.23. The zero-order valence-electron chi connectivity index (χ0n) is 8.71. The summed E-state index contributed by atoms with van der Waals surface area (Å²) >= 11 is 0. The zero-order chi connectivity index (χ0) is 11.5. The van der Waals surface area contributed by atoms with Gasteiger partial charge in [-0.1, -0.05) is 0 Å². The van der Waals surface area contributed by atoms with E-state index in [1.807, 2.05) is 0 Å². The van der Waals surface area contributed by atoms with Crippen molar-refractivity contribution >= 4 is 45.8 Å². The molecule has 83 valence electrons. The van der Waals surface area contributed by atoms with Gasteiger partial charge < -0.3 is 9.47 Å². The molecule has 0 bridgehead atoms. The minimum Gasteiger partial charge on any atom is -0.437 e. The first-order valence-corrected chi connectivity index (χ1v) is 5.21. The number of benzene rings is 1. The summed E-state index contributed by atoms with van der Waals surface area (Å²) in [4.78, 5) is 10.4. The van der Waals surface area contributed by atoms with Crippen LogP contribution in [0.4, 0.5) is 4.79 Å². The van der Waals surface area contributed by atoms with Crippen LogP contribution in [-0.4, -0.2) is 55.8 Å². The molecule has 0 aliphatic carbocycles. The van der Waals surface area contributed by atoms with Crippen LogP contribution >= 0.6 is 0 Å². The van der Waals surface area contributed by atoms with Gasteiger partial charge in [-0.2, -0.15) is 8.42 Å². The Kier molecular flexibility index (Phi) is 5.98. The van der Waals surface area contributed by atoms with Crippen molar-refractivity contribution in [2.45, 2.75) is 4.90 Å². The van der Waals surface area contributed by atoms with Gasteiger partial charge in [-0.05, 0) is 24.3 Å². The normalized spacial score (nSPS) is 10.1. The molecule has 1 radical (unpaired) electrons. The number of methoxy groups -OCH3 is 1. The van der Waals surface area contributed by atoms with Crippen LogP contribution in [0.3, 0.4) is 0 Å².